The highest BCUT2D eigenvalue weighted by Crippen LogP contribution is 2.47. The number of ketones is 1. The Morgan fingerprint density at radius 2 is 2.00 bits per heavy atom. The second-order valence-corrected chi connectivity index (χ2v) is 4.55. The molecule has 4 nitrogen and oxygen atoms in total. The van der Waals surface area contributed by atoms with Crippen LogP contribution >= 0.6 is 0 Å². The predicted molar refractivity (Wildman–Crippen MR) is 74.8 cm³/mol. The van der Waals surface area contributed by atoms with Crippen molar-refractivity contribution in [3.63, 3.8) is 0 Å². The first-order valence-corrected chi connectivity index (χ1v) is 6.69. The van der Waals surface area contributed by atoms with Crippen molar-refractivity contribution in [1.29, 1.82) is 0 Å². The Kier molecular flexibility index (Phi) is 3.93. The molecule has 20 heavy (non-hydrogen) atoms. The van der Waals surface area contributed by atoms with Crippen LogP contribution in [-0.4, -0.2) is 25.5 Å². The van der Waals surface area contributed by atoms with Gasteiger partial charge in [-0.2, -0.15) is 0 Å². The van der Waals surface area contributed by atoms with Crippen LogP contribution in [0, 0.1) is 5.41 Å². The first-order valence-electron chi connectivity index (χ1n) is 6.69. The predicted octanol–water partition coefficient (Wildman–Crippen LogP) is 2.48. The summed E-state index contributed by atoms with van der Waals surface area (Å²) in [5.41, 5.74) is -0.298. The van der Waals surface area contributed by atoms with E-state index in [1.54, 1.807) is 37.3 Å². The minimum absolute atomic E-state index is 0.228. The molecule has 2 rings (SSSR count). The van der Waals surface area contributed by atoms with Crippen LogP contribution in [0.1, 0.15) is 20.3 Å². The fourth-order valence-corrected chi connectivity index (χ4v) is 2.66. The van der Waals surface area contributed by atoms with Crippen molar-refractivity contribution in [3.8, 4) is 0 Å². The van der Waals surface area contributed by atoms with E-state index in [2.05, 4.69) is 0 Å². The van der Waals surface area contributed by atoms with Gasteiger partial charge in [-0.3, -0.25) is 9.59 Å². The van der Waals surface area contributed by atoms with Crippen LogP contribution in [0.25, 0.3) is 0 Å². The summed E-state index contributed by atoms with van der Waals surface area (Å²) in [5.74, 6) is -0.308. The maximum atomic E-state index is 12.8. The monoisotopic (exact) mass is 274 g/mol. The van der Waals surface area contributed by atoms with Gasteiger partial charge in [0.2, 0.25) is 0 Å². The minimum atomic E-state index is -1.39. The number of hydrogen-bond donors (Lipinski definition) is 0. The van der Waals surface area contributed by atoms with Gasteiger partial charge < -0.3 is 9.47 Å². The van der Waals surface area contributed by atoms with E-state index >= 15 is 0 Å². The SMILES string of the molecule is CCOC(=O)[C@]12C=CC=CC=C1C(OC)=C(CC)C2=O. The standard InChI is InChI=1S/C16H18O4/c1-4-11-13(19-3)12-9-7-6-8-10-16(12,14(11)17)15(18)20-5-2/h6-10H,4-5H2,1-3H3/t16-/m1/s1. The van der Waals surface area contributed by atoms with Crippen LogP contribution < -0.4 is 0 Å². The molecule has 0 fully saturated rings. The average Bonchev–Trinajstić information content (AvgIpc) is 2.59. The Hall–Kier alpha value is -2.10. The van der Waals surface area contributed by atoms with Gasteiger partial charge in [0, 0.05) is 11.1 Å². The molecule has 106 valence electrons. The Labute approximate surface area is 118 Å². The van der Waals surface area contributed by atoms with Crippen LogP contribution in [0.5, 0.6) is 0 Å². The summed E-state index contributed by atoms with van der Waals surface area (Å²) >= 11 is 0. The van der Waals surface area contributed by atoms with E-state index in [-0.39, 0.29) is 12.4 Å². The molecule has 0 bridgehead atoms. The lowest BCUT2D eigenvalue weighted by Gasteiger charge is -2.23. The molecule has 0 N–H and O–H groups in total. The Bertz CT molecular complexity index is 563. The third-order valence-electron chi connectivity index (χ3n) is 3.56. The largest absolute Gasteiger partial charge is 0.496 e. The van der Waals surface area contributed by atoms with E-state index < -0.39 is 11.4 Å². The molecule has 0 amide bonds. The number of esters is 1. The fraction of sp³-hybridized carbons (Fsp3) is 0.375. The second kappa shape index (κ2) is 5.49. The van der Waals surface area contributed by atoms with Crippen molar-refractivity contribution in [2.45, 2.75) is 20.3 Å². The third kappa shape index (κ3) is 1.83. The number of carbonyl (C=O) groups excluding carboxylic acids is 2. The number of rotatable bonds is 4. The smallest absolute Gasteiger partial charge is 0.328 e. The minimum Gasteiger partial charge on any atom is -0.496 e. The first kappa shape index (κ1) is 14.3. The zero-order valence-electron chi connectivity index (χ0n) is 11.9. The highest BCUT2D eigenvalue weighted by Gasteiger charge is 2.56. The molecule has 0 aromatic carbocycles. The summed E-state index contributed by atoms with van der Waals surface area (Å²) < 4.78 is 10.5. The number of carbonyl (C=O) groups is 2. The van der Waals surface area contributed by atoms with E-state index in [0.717, 1.165) is 0 Å². The summed E-state index contributed by atoms with van der Waals surface area (Å²) in [7, 11) is 1.51. The van der Waals surface area contributed by atoms with Crippen LogP contribution in [0.2, 0.25) is 0 Å². The van der Waals surface area contributed by atoms with Gasteiger partial charge in [0.05, 0.1) is 13.7 Å². The molecule has 0 spiro atoms. The highest BCUT2D eigenvalue weighted by atomic mass is 16.5. The van der Waals surface area contributed by atoms with Crippen LogP contribution in [0.4, 0.5) is 0 Å². The molecular formula is C16H18O4. The molecule has 0 saturated heterocycles. The number of allylic oxidation sites excluding steroid dienone is 6. The topological polar surface area (TPSA) is 52.6 Å². The molecule has 0 radical (unpaired) electrons. The fourth-order valence-electron chi connectivity index (χ4n) is 2.66. The number of Topliss-reactive ketones (excluding diaryl/α,β-unsaturated/α-hetero) is 1. The molecule has 0 aromatic rings. The van der Waals surface area contributed by atoms with Crippen molar-refractivity contribution in [2.24, 2.45) is 5.41 Å². The molecule has 0 aromatic heterocycles. The number of hydrogen-bond acceptors (Lipinski definition) is 4. The molecule has 2 aliphatic rings. The number of ether oxygens (including phenoxy) is 2. The van der Waals surface area contributed by atoms with Gasteiger partial charge >= 0.3 is 5.97 Å². The van der Waals surface area contributed by atoms with Gasteiger partial charge in [-0.25, -0.2) is 0 Å². The summed E-state index contributed by atoms with van der Waals surface area (Å²) in [6.07, 6.45) is 9.12. The first-order chi connectivity index (χ1) is 9.63. The third-order valence-corrected chi connectivity index (χ3v) is 3.56. The second-order valence-electron chi connectivity index (χ2n) is 4.55. The lowest BCUT2D eigenvalue weighted by Crippen LogP contribution is -2.38. The van der Waals surface area contributed by atoms with Crippen LogP contribution in [-0.2, 0) is 19.1 Å². The van der Waals surface area contributed by atoms with Gasteiger partial charge in [0.15, 0.2) is 11.2 Å². The summed E-state index contributed by atoms with van der Waals surface area (Å²) in [5, 5.41) is 0. The molecular weight excluding hydrogens is 256 g/mol. The number of fused-ring (bicyclic) bond motifs is 1. The molecule has 0 unspecified atom stereocenters. The summed E-state index contributed by atoms with van der Waals surface area (Å²) in [6, 6.07) is 0. The van der Waals surface area contributed by atoms with Gasteiger partial charge in [0.1, 0.15) is 5.76 Å². The van der Waals surface area contributed by atoms with Gasteiger partial charge in [-0.15, -0.1) is 0 Å². The molecule has 1 atom stereocenters. The lowest BCUT2D eigenvalue weighted by atomic mass is 9.79. The summed E-state index contributed by atoms with van der Waals surface area (Å²) in [6.45, 7) is 3.82. The average molecular weight is 274 g/mol. The zero-order valence-corrected chi connectivity index (χ0v) is 11.9. The highest BCUT2D eigenvalue weighted by molar-refractivity contribution is 6.20. The Morgan fingerprint density at radius 1 is 1.25 bits per heavy atom. The molecule has 0 aliphatic heterocycles. The molecule has 0 heterocycles. The van der Waals surface area contributed by atoms with E-state index in [9.17, 15) is 9.59 Å². The quantitative estimate of drug-likeness (QED) is 0.584. The molecule has 2 aliphatic carbocycles. The van der Waals surface area contributed by atoms with Crippen molar-refractivity contribution in [3.05, 3.63) is 47.3 Å². The van der Waals surface area contributed by atoms with Crippen LogP contribution in [0.3, 0.4) is 0 Å². The normalized spacial score (nSPS) is 24.4. The van der Waals surface area contributed by atoms with Crippen molar-refractivity contribution in [2.75, 3.05) is 13.7 Å². The van der Waals surface area contributed by atoms with Crippen molar-refractivity contribution < 1.29 is 19.1 Å². The Morgan fingerprint density at radius 3 is 2.60 bits per heavy atom. The van der Waals surface area contributed by atoms with E-state index in [1.807, 2.05) is 6.92 Å². The Balaban J connectivity index is 2.65. The molecule has 4 heteroatoms. The van der Waals surface area contributed by atoms with Gasteiger partial charge in [0.25, 0.3) is 0 Å². The molecule has 0 saturated carbocycles. The maximum Gasteiger partial charge on any atom is 0.328 e. The summed E-state index contributed by atoms with van der Waals surface area (Å²) in [4.78, 5) is 25.2. The van der Waals surface area contributed by atoms with Gasteiger partial charge in [-0.05, 0) is 13.3 Å². The van der Waals surface area contributed by atoms with Crippen LogP contribution in [0.15, 0.2) is 47.3 Å². The maximum absolute atomic E-state index is 12.8. The van der Waals surface area contributed by atoms with E-state index in [4.69, 9.17) is 9.47 Å². The zero-order chi connectivity index (χ0) is 14.8. The van der Waals surface area contributed by atoms with Crippen molar-refractivity contribution in [1.82, 2.24) is 0 Å². The number of methoxy groups -OCH3 is 1. The van der Waals surface area contributed by atoms with E-state index in [0.29, 0.717) is 23.3 Å². The van der Waals surface area contributed by atoms with E-state index in [1.165, 1.54) is 7.11 Å². The van der Waals surface area contributed by atoms with Crippen molar-refractivity contribution >= 4 is 11.8 Å². The van der Waals surface area contributed by atoms with Gasteiger partial charge in [-0.1, -0.05) is 37.3 Å². The lowest BCUT2D eigenvalue weighted by molar-refractivity contribution is -0.153.